The summed E-state index contributed by atoms with van der Waals surface area (Å²) < 4.78 is 0. The van der Waals surface area contributed by atoms with Crippen molar-refractivity contribution in [3.8, 4) is 0 Å². The van der Waals surface area contributed by atoms with Crippen LogP contribution in [0.4, 0.5) is 0 Å². The fourth-order valence-electron chi connectivity index (χ4n) is 5.13. The number of hydrogen-bond donors (Lipinski definition) is 0. The molecule has 4 nitrogen and oxygen atoms in total. The van der Waals surface area contributed by atoms with Crippen molar-refractivity contribution in [1.82, 2.24) is 19.2 Å². The summed E-state index contributed by atoms with van der Waals surface area (Å²) in [6.45, 7) is 18.4. The first-order valence-corrected chi connectivity index (χ1v) is 11.6. The predicted octanol–water partition coefficient (Wildman–Crippen LogP) is 3.62. The Hall–Kier alpha value is -0.0301. The first-order valence-electron chi connectivity index (χ1n) is 11.6. The van der Waals surface area contributed by atoms with E-state index in [1.54, 1.807) is 0 Å². The molecule has 2 rings (SSSR count). The molecule has 0 radical (unpaired) electrons. The molecule has 1 unspecified atom stereocenters. The monoisotopic (exact) mass is 362 g/mol. The highest BCUT2D eigenvalue weighted by atomic mass is 15.3. The van der Waals surface area contributed by atoms with Gasteiger partial charge in [0.05, 0.1) is 0 Å². The smallest absolute Gasteiger partial charge is 0.311 e. The number of rotatable bonds is 10. The van der Waals surface area contributed by atoms with Crippen molar-refractivity contribution in [3.05, 3.63) is 0 Å². The van der Waals surface area contributed by atoms with E-state index in [0.717, 1.165) is 0 Å². The van der Waals surface area contributed by atoms with Crippen LogP contribution < -0.4 is 0 Å². The Labute approximate surface area is 164 Å². The first kappa shape index (κ1) is 22.3. The second-order valence-electron chi connectivity index (χ2n) is 8.64. The zero-order valence-electron chi connectivity index (χ0n) is 18.4. The summed E-state index contributed by atoms with van der Waals surface area (Å²) in [5, 5.41) is 0. The maximum absolute atomic E-state index is 2.84. The molecule has 0 aromatic rings. The molecule has 1 atom stereocenters. The average molecular weight is 362 g/mol. The fourth-order valence-corrected chi connectivity index (χ4v) is 5.13. The minimum absolute atomic E-state index is 0.654. The van der Waals surface area contributed by atoms with E-state index in [1.807, 2.05) is 0 Å². The van der Waals surface area contributed by atoms with Crippen LogP contribution in [-0.2, 0) is 0 Å². The average Bonchev–Trinajstić information content (AvgIpc) is 2.65. The molecule has 2 fully saturated rings. The third-order valence-electron chi connectivity index (χ3n) is 6.66. The van der Waals surface area contributed by atoms with E-state index >= 15 is 0 Å². The van der Waals surface area contributed by atoms with Crippen molar-refractivity contribution in [2.24, 2.45) is 0 Å². The molecule has 0 aromatic carbocycles. The molecule has 150 valence electrons. The molecule has 0 saturated carbocycles. The van der Waals surface area contributed by atoms with Gasteiger partial charge in [0.25, 0.3) is 0 Å². The van der Waals surface area contributed by atoms with Crippen molar-refractivity contribution < 1.29 is 0 Å². The molecular formula is C20H44B2N4. The number of hydrogen-bond acceptors (Lipinski definition) is 4. The van der Waals surface area contributed by atoms with Gasteiger partial charge in [-0.15, -0.1) is 0 Å². The van der Waals surface area contributed by atoms with Crippen LogP contribution in [0.2, 0.25) is 12.6 Å². The van der Waals surface area contributed by atoms with Gasteiger partial charge in [0.1, 0.15) is 0 Å². The lowest BCUT2D eigenvalue weighted by Crippen LogP contribution is -2.64. The zero-order chi connectivity index (χ0) is 18.9. The van der Waals surface area contributed by atoms with Crippen molar-refractivity contribution in [2.45, 2.75) is 84.9 Å². The first-order chi connectivity index (χ1) is 12.6. The second kappa shape index (κ2) is 11.7. The number of nitrogens with zero attached hydrogens (tertiary/aromatic N) is 4. The third kappa shape index (κ3) is 5.98. The normalized spacial score (nSPS) is 23.0. The molecule has 0 spiro atoms. The SMILES string of the molecule is CCCCB1N(C)CCCN1CC(C)N1CCCN(CC)B1CCCC. The molecule has 0 N–H and O–H groups in total. The topological polar surface area (TPSA) is 13.0 Å². The van der Waals surface area contributed by atoms with Crippen molar-refractivity contribution in [1.29, 1.82) is 0 Å². The summed E-state index contributed by atoms with van der Waals surface area (Å²) in [5.74, 6) is 0. The van der Waals surface area contributed by atoms with Gasteiger partial charge >= 0.3 is 14.0 Å². The maximum atomic E-state index is 2.84. The van der Waals surface area contributed by atoms with E-state index in [-0.39, 0.29) is 0 Å². The van der Waals surface area contributed by atoms with Gasteiger partial charge in [0.2, 0.25) is 0 Å². The van der Waals surface area contributed by atoms with E-state index in [4.69, 9.17) is 0 Å². The summed E-state index contributed by atoms with van der Waals surface area (Å²) >= 11 is 0. The molecular weight excluding hydrogens is 318 g/mol. The molecule has 2 heterocycles. The van der Waals surface area contributed by atoms with Gasteiger partial charge in [-0.05, 0) is 72.2 Å². The van der Waals surface area contributed by atoms with Crippen molar-refractivity contribution in [3.63, 3.8) is 0 Å². The molecule has 0 amide bonds. The Morgan fingerprint density at radius 3 is 2.08 bits per heavy atom. The zero-order valence-corrected chi connectivity index (χ0v) is 18.4. The van der Waals surface area contributed by atoms with E-state index in [9.17, 15) is 0 Å². The highest BCUT2D eigenvalue weighted by Gasteiger charge is 2.37. The third-order valence-corrected chi connectivity index (χ3v) is 6.66. The molecule has 6 heteroatoms. The Kier molecular flexibility index (Phi) is 10.0. The standard InChI is InChI=1S/C20H44B2N4/c1-6-9-13-21-23(5)15-11-17-25(21)19-20(4)26-18-12-16-24(8-3)22(26)14-10-7-2/h20H,6-19H2,1-5H3. The maximum Gasteiger partial charge on any atom is 0.311 e. The Balaban J connectivity index is 2.00. The van der Waals surface area contributed by atoms with Crippen LogP contribution in [0.15, 0.2) is 0 Å². The Bertz CT molecular complexity index is 385. The lowest BCUT2D eigenvalue weighted by molar-refractivity contribution is 0.201. The Morgan fingerprint density at radius 2 is 1.42 bits per heavy atom. The van der Waals surface area contributed by atoms with Crippen LogP contribution in [0.5, 0.6) is 0 Å². The van der Waals surface area contributed by atoms with Crippen LogP contribution in [0.1, 0.15) is 66.2 Å². The molecule has 26 heavy (non-hydrogen) atoms. The van der Waals surface area contributed by atoms with Gasteiger partial charge in [0, 0.05) is 12.6 Å². The molecule has 2 aliphatic heterocycles. The summed E-state index contributed by atoms with van der Waals surface area (Å²) in [6, 6.07) is 0.654. The Morgan fingerprint density at radius 1 is 0.808 bits per heavy atom. The highest BCUT2D eigenvalue weighted by Crippen LogP contribution is 2.22. The van der Waals surface area contributed by atoms with E-state index in [0.29, 0.717) is 20.0 Å². The van der Waals surface area contributed by atoms with Gasteiger partial charge in [-0.3, -0.25) is 0 Å². The quantitative estimate of drug-likeness (QED) is 0.551. The van der Waals surface area contributed by atoms with Gasteiger partial charge in [-0.2, -0.15) is 0 Å². The molecule has 0 aromatic heterocycles. The minimum Gasteiger partial charge on any atom is -0.331 e. The lowest BCUT2D eigenvalue weighted by Gasteiger charge is -2.47. The molecule has 0 aliphatic carbocycles. The van der Waals surface area contributed by atoms with Gasteiger partial charge < -0.3 is 19.2 Å². The van der Waals surface area contributed by atoms with E-state index in [1.165, 1.54) is 90.4 Å². The lowest BCUT2D eigenvalue weighted by atomic mass is 9.62. The fraction of sp³-hybridized carbons (Fsp3) is 1.00. The van der Waals surface area contributed by atoms with Gasteiger partial charge in [-0.1, -0.05) is 46.5 Å². The molecule has 0 bridgehead atoms. The van der Waals surface area contributed by atoms with Crippen LogP contribution in [-0.4, -0.2) is 85.6 Å². The highest BCUT2D eigenvalue weighted by molar-refractivity contribution is 6.53. The van der Waals surface area contributed by atoms with Crippen LogP contribution >= 0.6 is 0 Å². The van der Waals surface area contributed by atoms with Gasteiger partial charge in [0.15, 0.2) is 0 Å². The summed E-state index contributed by atoms with van der Waals surface area (Å²) in [5.41, 5.74) is 0. The van der Waals surface area contributed by atoms with Gasteiger partial charge in [-0.25, -0.2) is 0 Å². The van der Waals surface area contributed by atoms with Crippen molar-refractivity contribution >= 4 is 14.0 Å². The van der Waals surface area contributed by atoms with E-state index in [2.05, 4.69) is 54.0 Å². The predicted molar refractivity (Wildman–Crippen MR) is 118 cm³/mol. The van der Waals surface area contributed by atoms with Crippen molar-refractivity contribution in [2.75, 3.05) is 46.3 Å². The summed E-state index contributed by atoms with van der Waals surface area (Å²) in [6.07, 6.45) is 10.7. The summed E-state index contributed by atoms with van der Waals surface area (Å²) in [4.78, 5) is 11.0. The largest absolute Gasteiger partial charge is 0.331 e. The summed E-state index contributed by atoms with van der Waals surface area (Å²) in [7, 11) is 2.33. The second-order valence-corrected chi connectivity index (χ2v) is 8.64. The van der Waals surface area contributed by atoms with Crippen LogP contribution in [0.3, 0.4) is 0 Å². The van der Waals surface area contributed by atoms with E-state index < -0.39 is 0 Å². The minimum atomic E-state index is 0.654. The van der Waals surface area contributed by atoms with Crippen LogP contribution in [0, 0.1) is 0 Å². The van der Waals surface area contributed by atoms with Crippen LogP contribution in [0.25, 0.3) is 0 Å². The molecule has 2 aliphatic rings. The number of unbranched alkanes of at least 4 members (excludes halogenated alkanes) is 2. The molecule has 2 saturated heterocycles.